The van der Waals surface area contributed by atoms with Crippen molar-refractivity contribution in [1.82, 2.24) is 0 Å². The normalized spacial score (nSPS) is 20.6. The monoisotopic (exact) mass is 404 g/mol. The molecule has 30 heavy (non-hydrogen) atoms. The van der Waals surface area contributed by atoms with Crippen molar-refractivity contribution in [3.05, 3.63) is 71.3 Å². The highest BCUT2D eigenvalue weighted by molar-refractivity contribution is 6.22. The molecule has 1 fully saturated rings. The zero-order valence-electron chi connectivity index (χ0n) is 16.3. The van der Waals surface area contributed by atoms with Crippen LogP contribution in [-0.2, 0) is 9.59 Å². The molecule has 1 heterocycles. The maximum atomic E-state index is 12.9. The van der Waals surface area contributed by atoms with E-state index >= 15 is 0 Å². The van der Waals surface area contributed by atoms with E-state index in [9.17, 15) is 19.2 Å². The number of carbonyl (C=O) groups is 4. The highest BCUT2D eigenvalue weighted by atomic mass is 16.4. The Morgan fingerprint density at radius 3 is 2.47 bits per heavy atom. The maximum Gasteiger partial charge on any atom is 0.335 e. The number of carboxylic acid groups (broad SMARTS) is 1. The van der Waals surface area contributed by atoms with Gasteiger partial charge in [-0.1, -0.05) is 23.8 Å². The standard InChI is InChI=1S/C23H20N2O5/c1-13-8-9-18-19(10-13)22(28)25(21(18)27)17-7-3-4-14(12-17)20(26)24-16-6-2-5-15(11-16)23(29)30/h2-8,11-12,18-19H,9-10H2,1H3,(H,24,26)(H,29,30)/t18-,19-/m1/s1. The molecule has 2 aromatic carbocycles. The molecule has 2 aromatic rings. The first kappa shape index (κ1) is 19.6. The zero-order valence-corrected chi connectivity index (χ0v) is 16.3. The van der Waals surface area contributed by atoms with Gasteiger partial charge in [0.05, 0.1) is 23.1 Å². The average molecular weight is 404 g/mol. The molecule has 1 saturated heterocycles. The molecule has 7 heteroatoms. The van der Waals surface area contributed by atoms with Gasteiger partial charge in [0.1, 0.15) is 0 Å². The molecule has 0 spiro atoms. The highest BCUT2D eigenvalue weighted by Crippen LogP contribution is 2.39. The summed E-state index contributed by atoms with van der Waals surface area (Å²) in [6, 6.07) is 12.2. The second-order valence-corrected chi connectivity index (χ2v) is 7.61. The summed E-state index contributed by atoms with van der Waals surface area (Å²) in [6.07, 6.45) is 3.13. The Labute approximate surface area is 173 Å². The summed E-state index contributed by atoms with van der Waals surface area (Å²) >= 11 is 0. The lowest BCUT2D eigenvalue weighted by Crippen LogP contribution is -2.31. The van der Waals surface area contributed by atoms with Crippen molar-refractivity contribution in [2.75, 3.05) is 10.2 Å². The van der Waals surface area contributed by atoms with Gasteiger partial charge in [-0.2, -0.15) is 0 Å². The molecule has 0 radical (unpaired) electrons. The van der Waals surface area contributed by atoms with Gasteiger partial charge >= 0.3 is 5.97 Å². The molecule has 0 aromatic heterocycles. The molecule has 152 valence electrons. The number of carboxylic acids is 1. The largest absolute Gasteiger partial charge is 0.478 e. The third-order valence-corrected chi connectivity index (χ3v) is 5.56. The fourth-order valence-corrected chi connectivity index (χ4v) is 4.01. The van der Waals surface area contributed by atoms with Crippen LogP contribution < -0.4 is 10.2 Å². The van der Waals surface area contributed by atoms with E-state index in [0.717, 1.165) is 5.57 Å². The number of aromatic carboxylic acids is 1. The van der Waals surface area contributed by atoms with Crippen LogP contribution in [0.1, 0.15) is 40.5 Å². The van der Waals surface area contributed by atoms with Crippen molar-refractivity contribution >= 4 is 35.1 Å². The molecule has 2 N–H and O–H groups in total. The van der Waals surface area contributed by atoms with Gasteiger partial charge in [-0.3, -0.25) is 19.3 Å². The molecule has 4 rings (SSSR count). The third-order valence-electron chi connectivity index (χ3n) is 5.56. The van der Waals surface area contributed by atoms with Crippen LogP contribution in [0.5, 0.6) is 0 Å². The molecule has 7 nitrogen and oxygen atoms in total. The third kappa shape index (κ3) is 3.50. The highest BCUT2D eigenvalue weighted by Gasteiger charge is 2.48. The number of nitrogens with one attached hydrogen (secondary N) is 1. The van der Waals surface area contributed by atoms with E-state index in [-0.39, 0.29) is 34.8 Å². The minimum Gasteiger partial charge on any atom is -0.478 e. The average Bonchev–Trinajstić information content (AvgIpc) is 2.98. The lowest BCUT2D eigenvalue weighted by molar-refractivity contribution is -0.122. The Balaban J connectivity index is 1.57. The Morgan fingerprint density at radius 1 is 1.00 bits per heavy atom. The van der Waals surface area contributed by atoms with E-state index in [1.54, 1.807) is 24.3 Å². The number of hydrogen-bond acceptors (Lipinski definition) is 4. The van der Waals surface area contributed by atoms with Crippen LogP contribution in [-0.4, -0.2) is 28.8 Å². The van der Waals surface area contributed by atoms with Crippen molar-refractivity contribution in [1.29, 1.82) is 0 Å². The van der Waals surface area contributed by atoms with Crippen LogP contribution in [0.4, 0.5) is 11.4 Å². The number of carbonyl (C=O) groups excluding carboxylic acids is 3. The Bertz CT molecular complexity index is 1100. The van der Waals surface area contributed by atoms with Crippen LogP contribution in [0.25, 0.3) is 0 Å². The number of benzene rings is 2. The first-order valence-corrected chi connectivity index (χ1v) is 9.63. The fourth-order valence-electron chi connectivity index (χ4n) is 4.01. The van der Waals surface area contributed by atoms with Crippen molar-refractivity contribution in [2.45, 2.75) is 19.8 Å². The van der Waals surface area contributed by atoms with Crippen LogP contribution in [0.3, 0.4) is 0 Å². The van der Waals surface area contributed by atoms with E-state index < -0.39 is 11.9 Å². The van der Waals surface area contributed by atoms with Gasteiger partial charge in [-0.25, -0.2) is 4.79 Å². The smallest absolute Gasteiger partial charge is 0.335 e. The Hall–Kier alpha value is -3.74. The molecular weight excluding hydrogens is 384 g/mol. The summed E-state index contributed by atoms with van der Waals surface area (Å²) < 4.78 is 0. The Morgan fingerprint density at radius 2 is 1.70 bits per heavy atom. The Kier molecular flexibility index (Phi) is 4.95. The first-order chi connectivity index (χ1) is 14.3. The zero-order chi connectivity index (χ0) is 21.4. The van der Waals surface area contributed by atoms with Crippen molar-refractivity contribution in [3.63, 3.8) is 0 Å². The van der Waals surface area contributed by atoms with E-state index in [1.807, 2.05) is 13.0 Å². The predicted octanol–water partition coefficient (Wildman–Crippen LogP) is 3.48. The second-order valence-electron chi connectivity index (χ2n) is 7.61. The SMILES string of the molecule is CC1=CC[C@H]2C(=O)N(c3cccc(C(=O)Nc4cccc(C(=O)O)c4)c3)C(=O)[C@@H]2C1. The molecule has 2 atom stereocenters. The number of rotatable bonds is 4. The van der Waals surface area contributed by atoms with Gasteiger partial charge in [0.15, 0.2) is 0 Å². The maximum absolute atomic E-state index is 12.9. The minimum absolute atomic E-state index is 0.0568. The summed E-state index contributed by atoms with van der Waals surface area (Å²) in [5.41, 5.74) is 2.13. The number of nitrogens with zero attached hydrogens (tertiary/aromatic N) is 1. The molecule has 0 bridgehead atoms. The van der Waals surface area contributed by atoms with Crippen LogP contribution in [0, 0.1) is 11.8 Å². The molecule has 2 aliphatic rings. The van der Waals surface area contributed by atoms with Crippen molar-refractivity contribution in [2.24, 2.45) is 11.8 Å². The summed E-state index contributed by atoms with van der Waals surface area (Å²) in [6.45, 7) is 1.96. The predicted molar refractivity (Wildman–Crippen MR) is 110 cm³/mol. The summed E-state index contributed by atoms with van der Waals surface area (Å²) in [7, 11) is 0. The van der Waals surface area contributed by atoms with Crippen molar-refractivity contribution < 1.29 is 24.3 Å². The fraction of sp³-hybridized carbons (Fsp3) is 0.217. The second kappa shape index (κ2) is 7.59. The van der Waals surface area contributed by atoms with Gasteiger partial charge in [0, 0.05) is 11.3 Å². The van der Waals surface area contributed by atoms with E-state index in [1.165, 1.54) is 29.2 Å². The van der Waals surface area contributed by atoms with Gasteiger partial charge in [-0.15, -0.1) is 0 Å². The molecule has 1 aliphatic heterocycles. The van der Waals surface area contributed by atoms with Gasteiger partial charge in [-0.05, 0) is 56.2 Å². The first-order valence-electron chi connectivity index (χ1n) is 9.63. The lowest BCUT2D eigenvalue weighted by Gasteiger charge is -2.18. The molecule has 3 amide bonds. The number of imide groups is 1. The number of allylic oxidation sites excluding steroid dienone is 2. The van der Waals surface area contributed by atoms with E-state index in [0.29, 0.717) is 24.2 Å². The van der Waals surface area contributed by atoms with Crippen LogP contribution >= 0.6 is 0 Å². The number of fused-ring (bicyclic) bond motifs is 1. The molecule has 1 aliphatic carbocycles. The number of hydrogen-bond donors (Lipinski definition) is 2. The van der Waals surface area contributed by atoms with Crippen molar-refractivity contribution in [3.8, 4) is 0 Å². The summed E-state index contributed by atoms with van der Waals surface area (Å²) in [5.74, 6) is -2.72. The number of anilines is 2. The summed E-state index contributed by atoms with van der Waals surface area (Å²) in [5, 5.41) is 11.7. The van der Waals surface area contributed by atoms with Gasteiger partial charge < -0.3 is 10.4 Å². The molecule has 0 saturated carbocycles. The van der Waals surface area contributed by atoms with Crippen LogP contribution in [0.15, 0.2) is 60.2 Å². The molecular formula is C23H20N2O5. The summed E-state index contributed by atoms with van der Waals surface area (Å²) in [4.78, 5) is 50.7. The quantitative estimate of drug-likeness (QED) is 0.600. The van der Waals surface area contributed by atoms with Gasteiger partial charge in [0.2, 0.25) is 11.8 Å². The van der Waals surface area contributed by atoms with Crippen LogP contribution in [0.2, 0.25) is 0 Å². The van der Waals surface area contributed by atoms with Gasteiger partial charge in [0.25, 0.3) is 5.91 Å². The van der Waals surface area contributed by atoms with E-state index in [4.69, 9.17) is 5.11 Å². The minimum atomic E-state index is -1.09. The topological polar surface area (TPSA) is 104 Å². The molecule has 0 unspecified atom stereocenters. The number of amides is 3. The lowest BCUT2D eigenvalue weighted by atomic mass is 9.82. The van der Waals surface area contributed by atoms with E-state index in [2.05, 4.69) is 5.32 Å².